The van der Waals surface area contributed by atoms with Crippen LogP contribution in [0.25, 0.3) is 0 Å². The maximum atomic E-state index is 11.4. The molecule has 0 saturated heterocycles. The largest absolute Gasteiger partial charge is 0.383 e. The molecule has 0 aliphatic rings. The van der Waals surface area contributed by atoms with Crippen LogP contribution in [0.3, 0.4) is 0 Å². The van der Waals surface area contributed by atoms with E-state index in [-0.39, 0.29) is 11.9 Å². The molecule has 4 heteroatoms. The van der Waals surface area contributed by atoms with Crippen molar-refractivity contribution in [2.45, 2.75) is 31.8 Å². The molecule has 0 bridgehead atoms. The van der Waals surface area contributed by atoms with Crippen LogP contribution in [0, 0.1) is 0 Å². The molecule has 0 aromatic rings. The van der Waals surface area contributed by atoms with E-state index in [1.165, 1.54) is 0 Å². The topological polar surface area (TPSA) is 64.4 Å². The van der Waals surface area contributed by atoms with E-state index >= 15 is 0 Å². The van der Waals surface area contributed by atoms with Crippen molar-refractivity contribution in [3.63, 3.8) is 0 Å². The van der Waals surface area contributed by atoms with E-state index < -0.39 is 6.04 Å². The van der Waals surface area contributed by atoms with Crippen molar-refractivity contribution in [1.82, 2.24) is 5.32 Å². The third-order valence-corrected chi connectivity index (χ3v) is 1.96. The maximum absolute atomic E-state index is 11.4. The average molecular weight is 200 g/mol. The van der Waals surface area contributed by atoms with Gasteiger partial charge in [-0.2, -0.15) is 0 Å². The highest BCUT2D eigenvalue weighted by Crippen LogP contribution is 1.95. The Kier molecular flexibility index (Phi) is 7.06. The molecular formula is C10H20N2O2. The summed E-state index contributed by atoms with van der Waals surface area (Å²) in [5.41, 5.74) is 5.60. The van der Waals surface area contributed by atoms with Gasteiger partial charge in [0.05, 0.1) is 18.7 Å². The molecule has 0 heterocycles. The van der Waals surface area contributed by atoms with E-state index in [4.69, 9.17) is 10.5 Å². The van der Waals surface area contributed by atoms with Gasteiger partial charge in [-0.25, -0.2) is 0 Å². The number of carbonyl (C=O) groups is 1. The Morgan fingerprint density at radius 1 is 1.71 bits per heavy atom. The van der Waals surface area contributed by atoms with Crippen molar-refractivity contribution in [2.24, 2.45) is 5.73 Å². The molecule has 4 nitrogen and oxygen atoms in total. The van der Waals surface area contributed by atoms with Crippen molar-refractivity contribution in [3.05, 3.63) is 12.7 Å². The Morgan fingerprint density at radius 3 is 2.79 bits per heavy atom. The lowest BCUT2D eigenvalue weighted by Gasteiger charge is -2.18. The lowest BCUT2D eigenvalue weighted by molar-refractivity contribution is -0.123. The van der Waals surface area contributed by atoms with Crippen molar-refractivity contribution in [1.29, 1.82) is 0 Å². The molecule has 1 amide bonds. The molecule has 2 unspecified atom stereocenters. The molecule has 0 aromatic heterocycles. The predicted molar refractivity (Wildman–Crippen MR) is 56.9 cm³/mol. The van der Waals surface area contributed by atoms with E-state index in [2.05, 4.69) is 11.9 Å². The van der Waals surface area contributed by atoms with Crippen LogP contribution in [0.5, 0.6) is 0 Å². The van der Waals surface area contributed by atoms with Gasteiger partial charge in [0.2, 0.25) is 5.91 Å². The Morgan fingerprint density at radius 2 is 2.36 bits per heavy atom. The molecule has 0 spiro atoms. The van der Waals surface area contributed by atoms with Crippen LogP contribution in [0.4, 0.5) is 0 Å². The van der Waals surface area contributed by atoms with Crippen LogP contribution in [-0.2, 0) is 9.53 Å². The molecule has 14 heavy (non-hydrogen) atoms. The molecule has 0 aliphatic heterocycles. The number of hydrogen-bond acceptors (Lipinski definition) is 3. The fourth-order valence-corrected chi connectivity index (χ4v) is 1.06. The lowest BCUT2D eigenvalue weighted by atomic mass is 10.1. The number of ether oxygens (including phenoxy) is 1. The summed E-state index contributed by atoms with van der Waals surface area (Å²) in [4.78, 5) is 11.4. The normalized spacial score (nSPS) is 14.5. The lowest BCUT2D eigenvalue weighted by Crippen LogP contribution is -2.46. The summed E-state index contributed by atoms with van der Waals surface area (Å²) in [6.07, 6.45) is 2.97. The number of amides is 1. The maximum Gasteiger partial charge on any atom is 0.237 e. The van der Waals surface area contributed by atoms with Gasteiger partial charge in [-0.05, 0) is 12.8 Å². The summed E-state index contributed by atoms with van der Waals surface area (Å²) in [5.74, 6) is -0.145. The second-order valence-electron chi connectivity index (χ2n) is 3.20. The fraction of sp³-hybridized carbons (Fsp3) is 0.700. The number of carbonyl (C=O) groups excluding carboxylic acids is 1. The predicted octanol–water partition coefficient (Wildman–Crippen LogP) is 0.431. The van der Waals surface area contributed by atoms with Gasteiger partial charge in [0.15, 0.2) is 0 Å². The molecule has 0 rings (SSSR count). The minimum atomic E-state index is -0.501. The van der Waals surface area contributed by atoms with Gasteiger partial charge >= 0.3 is 0 Å². The van der Waals surface area contributed by atoms with E-state index in [0.717, 1.165) is 6.42 Å². The summed E-state index contributed by atoms with van der Waals surface area (Å²) >= 11 is 0. The smallest absolute Gasteiger partial charge is 0.237 e. The van der Waals surface area contributed by atoms with E-state index in [9.17, 15) is 4.79 Å². The zero-order valence-electron chi connectivity index (χ0n) is 8.95. The van der Waals surface area contributed by atoms with E-state index in [1.54, 1.807) is 13.2 Å². The first-order chi connectivity index (χ1) is 6.65. The van der Waals surface area contributed by atoms with Gasteiger partial charge in [-0.1, -0.05) is 13.0 Å². The van der Waals surface area contributed by atoms with Crippen LogP contribution in [-0.4, -0.2) is 31.7 Å². The highest BCUT2D eigenvalue weighted by molar-refractivity contribution is 5.81. The third-order valence-electron chi connectivity index (χ3n) is 1.96. The quantitative estimate of drug-likeness (QED) is 0.586. The van der Waals surface area contributed by atoms with Crippen LogP contribution in [0.1, 0.15) is 19.8 Å². The van der Waals surface area contributed by atoms with Crippen LogP contribution in [0.15, 0.2) is 12.7 Å². The molecule has 0 aromatic carbocycles. The molecule has 2 atom stereocenters. The monoisotopic (exact) mass is 200 g/mol. The summed E-state index contributed by atoms with van der Waals surface area (Å²) in [7, 11) is 1.61. The molecular weight excluding hydrogens is 180 g/mol. The first kappa shape index (κ1) is 13.1. The van der Waals surface area contributed by atoms with Crippen LogP contribution < -0.4 is 11.1 Å². The minimum absolute atomic E-state index is 0.0448. The first-order valence-corrected chi connectivity index (χ1v) is 4.81. The second-order valence-corrected chi connectivity index (χ2v) is 3.20. The Labute approximate surface area is 85.5 Å². The Balaban J connectivity index is 3.94. The molecule has 82 valence electrons. The standard InChI is InChI=1S/C10H20N2O2/c1-4-6-9(11)10(13)12-8(5-2)7-14-3/h4,8-9H,1,5-7,11H2,2-3H3,(H,12,13). The third kappa shape index (κ3) is 4.99. The Hall–Kier alpha value is -0.870. The van der Waals surface area contributed by atoms with Gasteiger partial charge < -0.3 is 15.8 Å². The SMILES string of the molecule is C=CCC(N)C(=O)NC(CC)COC. The van der Waals surface area contributed by atoms with Crippen molar-refractivity contribution >= 4 is 5.91 Å². The van der Waals surface area contributed by atoms with Gasteiger partial charge in [0.1, 0.15) is 0 Å². The summed E-state index contributed by atoms with van der Waals surface area (Å²) < 4.78 is 4.96. The number of nitrogens with two attached hydrogens (primary N) is 1. The van der Waals surface area contributed by atoms with Gasteiger partial charge in [0.25, 0.3) is 0 Å². The van der Waals surface area contributed by atoms with Crippen molar-refractivity contribution < 1.29 is 9.53 Å². The van der Waals surface area contributed by atoms with Gasteiger partial charge in [-0.3, -0.25) is 4.79 Å². The molecule has 0 saturated carbocycles. The number of methoxy groups -OCH3 is 1. The summed E-state index contributed by atoms with van der Waals surface area (Å²) in [5, 5.41) is 2.82. The van der Waals surface area contributed by atoms with Crippen LogP contribution in [0.2, 0.25) is 0 Å². The zero-order chi connectivity index (χ0) is 11.0. The molecule has 0 radical (unpaired) electrons. The van der Waals surface area contributed by atoms with Gasteiger partial charge in [-0.15, -0.1) is 6.58 Å². The van der Waals surface area contributed by atoms with E-state index in [0.29, 0.717) is 13.0 Å². The Bertz CT molecular complexity index is 183. The summed E-state index contributed by atoms with van der Waals surface area (Å²) in [6.45, 7) is 6.04. The molecule has 0 aliphatic carbocycles. The second kappa shape index (κ2) is 7.53. The average Bonchev–Trinajstić information content (AvgIpc) is 2.17. The molecule has 0 fully saturated rings. The van der Waals surface area contributed by atoms with Gasteiger partial charge in [0, 0.05) is 7.11 Å². The van der Waals surface area contributed by atoms with Crippen molar-refractivity contribution in [2.75, 3.05) is 13.7 Å². The molecule has 3 N–H and O–H groups in total. The number of hydrogen-bond donors (Lipinski definition) is 2. The number of nitrogens with one attached hydrogen (secondary N) is 1. The summed E-state index contributed by atoms with van der Waals surface area (Å²) in [6, 6.07) is -0.457. The first-order valence-electron chi connectivity index (χ1n) is 4.81. The van der Waals surface area contributed by atoms with Crippen molar-refractivity contribution in [3.8, 4) is 0 Å². The highest BCUT2D eigenvalue weighted by Gasteiger charge is 2.15. The number of rotatable bonds is 7. The highest BCUT2D eigenvalue weighted by atomic mass is 16.5. The van der Waals surface area contributed by atoms with E-state index in [1.807, 2.05) is 6.92 Å². The van der Waals surface area contributed by atoms with Crippen LogP contribution >= 0.6 is 0 Å². The fourth-order valence-electron chi connectivity index (χ4n) is 1.06. The minimum Gasteiger partial charge on any atom is -0.383 e. The zero-order valence-corrected chi connectivity index (χ0v) is 8.95.